The Kier molecular flexibility index (Phi) is 4.24. The molecule has 98 valence electrons. The molecule has 1 aliphatic carbocycles. The third-order valence-corrected chi connectivity index (χ3v) is 3.83. The minimum absolute atomic E-state index is 0.0694. The Bertz CT molecular complexity index is 409. The molecular formula is C15H21NO2. The fourth-order valence-electron chi connectivity index (χ4n) is 2.66. The van der Waals surface area contributed by atoms with Gasteiger partial charge in [0.05, 0.1) is 5.56 Å². The fourth-order valence-corrected chi connectivity index (χ4v) is 2.66. The summed E-state index contributed by atoms with van der Waals surface area (Å²) in [6.45, 7) is 0. The molecule has 3 heteroatoms. The number of nitrogens with zero attached hydrogens (tertiary/aromatic N) is 1. The van der Waals surface area contributed by atoms with Crippen molar-refractivity contribution in [1.29, 1.82) is 0 Å². The lowest BCUT2D eigenvalue weighted by Gasteiger charge is -2.27. The molecule has 0 saturated heterocycles. The molecule has 2 rings (SSSR count). The van der Waals surface area contributed by atoms with Crippen LogP contribution in [0.3, 0.4) is 0 Å². The molecule has 0 bridgehead atoms. The second kappa shape index (κ2) is 5.89. The van der Waals surface area contributed by atoms with Gasteiger partial charge in [0.2, 0.25) is 0 Å². The maximum atomic E-state index is 12.3. The molecule has 1 aliphatic rings. The smallest absolute Gasteiger partial charge is 0.257 e. The summed E-state index contributed by atoms with van der Waals surface area (Å²) in [7, 11) is 1.85. The van der Waals surface area contributed by atoms with Gasteiger partial charge in [-0.05, 0) is 25.0 Å². The summed E-state index contributed by atoms with van der Waals surface area (Å²) in [5, 5.41) is 9.74. The Balaban J connectivity index is 2.10. The lowest BCUT2D eigenvalue weighted by molar-refractivity contribution is 0.0714. The molecule has 0 unspecified atom stereocenters. The highest BCUT2D eigenvalue weighted by molar-refractivity contribution is 5.96. The number of benzene rings is 1. The van der Waals surface area contributed by atoms with E-state index < -0.39 is 0 Å². The molecule has 0 heterocycles. The summed E-state index contributed by atoms with van der Waals surface area (Å²) in [5.41, 5.74) is 0.407. The number of phenolic OH excluding ortho intramolecular Hbond substituents is 1. The van der Waals surface area contributed by atoms with Gasteiger partial charge in [0.15, 0.2) is 0 Å². The van der Waals surface area contributed by atoms with Gasteiger partial charge < -0.3 is 10.0 Å². The minimum Gasteiger partial charge on any atom is -0.507 e. The Morgan fingerprint density at radius 3 is 2.39 bits per heavy atom. The SMILES string of the molecule is CN(C(=O)c1ccccc1O)C1CCCCCC1. The van der Waals surface area contributed by atoms with E-state index in [9.17, 15) is 9.90 Å². The summed E-state index contributed by atoms with van der Waals surface area (Å²) < 4.78 is 0. The van der Waals surface area contributed by atoms with Crippen molar-refractivity contribution in [2.75, 3.05) is 7.05 Å². The van der Waals surface area contributed by atoms with Gasteiger partial charge in [0.1, 0.15) is 5.75 Å². The number of hydrogen-bond acceptors (Lipinski definition) is 2. The molecular weight excluding hydrogens is 226 g/mol. The van der Waals surface area contributed by atoms with Crippen LogP contribution in [0.4, 0.5) is 0 Å². The molecule has 1 aromatic carbocycles. The Morgan fingerprint density at radius 2 is 1.78 bits per heavy atom. The van der Waals surface area contributed by atoms with Crippen molar-refractivity contribution in [2.45, 2.75) is 44.6 Å². The van der Waals surface area contributed by atoms with Crippen molar-refractivity contribution in [2.24, 2.45) is 0 Å². The van der Waals surface area contributed by atoms with Gasteiger partial charge in [-0.15, -0.1) is 0 Å². The molecule has 0 radical (unpaired) electrons. The summed E-state index contributed by atoms with van der Waals surface area (Å²) >= 11 is 0. The molecule has 18 heavy (non-hydrogen) atoms. The number of carbonyl (C=O) groups excluding carboxylic acids is 1. The first kappa shape index (κ1) is 12.9. The van der Waals surface area contributed by atoms with Crippen LogP contribution >= 0.6 is 0 Å². The summed E-state index contributed by atoms with van der Waals surface area (Å²) in [6, 6.07) is 7.09. The molecule has 1 N–H and O–H groups in total. The van der Waals surface area contributed by atoms with Crippen molar-refractivity contribution >= 4 is 5.91 Å². The zero-order valence-electron chi connectivity index (χ0n) is 10.9. The second-order valence-electron chi connectivity index (χ2n) is 5.08. The number of amides is 1. The number of hydrogen-bond donors (Lipinski definition) is 1. The largest absolute Gasteiger partial charge is 0.507 e. The van der Waals surface area contributed by atoms with E-state index in [1.54, 1.807) is 29.2 Å². The van der Waals surface area contributed by atoms with Crippen molar-refractivity contribution < 1.29 is 9.90 Å². The molecule has 0 atom stereocenters. The molecule has 1 fully saturated rings. The first-order valence-corrected chi connectivity index (χ1v) is 6.75. The lowest BCUT2D eigenvalue weighted by Crippen LogP contribution is -2.36. The van der Waals surface area contributed by atoms with Crippen LogP contribution in [0, 0.1) is 0 Å². The molecule has 1 saturated carbocycles. The number of phenols is 1. The van der Waals surface area contributed by atoms with E-state index in [4.69, 9.17) is 0 Å². The summed E-state index contributed by atoms with van der Waals surface area (Å²) in [6.07, 6.45) is 7.10. The summed E-state index contributed by atoms with van der Waals surface area (Å²) in [4.78, 5) is 14.1. The van der Waals surface area contributed by atoms with Gasteiger partial charge in [-0.25, -0.2) is 0 Å². The van der Waals surface area contributed by atoms with Gasteiger partial charge in [-0.3, -0.25) is 4.79 Å². The van der Waals surface area contributed by atoms with Crippen LogP contribution in [0.15, 0.2) is 24.3 Å². The van der Waals surface area contributed by atoms with Gasteiger partial charge in [0.25, 0.3) is 5.91 Å². The van der Waals surface area contributed by atoms with Gasteiger partial charge >= 0.3 is 0 Å². The van der Waals surface area contributed by atoms with Gasteiger partial charge in [-0.1, -0.05) is 37.8 Å². The number of carbonyl (C=O) groups is 1. The standard InChI is InChI=1S/C15H21NO2/c1-16(12-8-4-2-3-5-9-12)15(18)13-10-6-7-11-14(13)17/h6-7,10-12,17H,2-5,8-9H2,1H3. The van der Waals surface area contributed by atoms with Crippen molar-refractivity contribution in [3.63, 3.8) is 0 Å². The van der Waals surface area contributed by atoms with Crippen LogP contribution in [0.25, 0.3) is 0 Å². The molecule has 0 aliphatic heterocycles. The first-order valence-electron chi connectivity index (χ1n) is 6.75. The van der Waals surface area contributed by atoms with E-state index in [1.807, 2.05) is 7.05 Å². The monoisotopic (exact) mass is 247 g/mol. The van der Waals surface area contributed by atoms with E-state index in [0.717, 1.165) is 12.8 Å². The van der Waals surface area contributed by atoms with Crippen LogP contribution in [-0.2, 0) is 0 Å². The van der Waals surface area contributed by atoms with Crippen molar-refractivity contribution in [1.82, 2.24) is 4.90 Å². The summed E-state index contributed by atoms with van der Waals surface area (Å²) in [5.74, 6) is 0.00275. The van der Waals surface area contributed by atoms with Gasteiger partial charge in [0, 0.05) is 13.1 Å². The van der Waals surface area contributed by atoms with E-state index in [-0.39, 0.29) is 11.7 Å². The van der Waals surface area contributed by atoms with E-state index in [2.05, 4.69) is 0 Å². The van der Waals surface area contributed by atoms with E-state index in [0.29, 0.717) is 11.6 Å². The predicted molar refractivity (Wildman–Crippen MR) is 71.7 cm³/mol. The highest BCUT2D eigenvalue weighted by atomic mass is 16.3. The van der Waals surface area contributed by atoms with Crippen LogP contribution in [0.5, 0.6) is 5.75 Å². The highest BCUT2D eigenvalue weighted by Crippen LogP contribution is 2.24. The number of para-hydroxylation sites is 1. The molecule has 1 aromatic rings. The van der Waals surface area contributed by atoms with Crippen molar-refractivity contribution in [3.8, 4) is 5.75 Å². The highest BCUT2D eigenvalue weighted by Gasteiger charge is 2.23. The van der Waals surface area contributed by atoms with E-state index >= 15 is 0 Å². The zero-order chi connectivity index (χ0) is 13.0. The van der Waals surface area contributed by atoms with Crippen molar-refractivity contribution in [3.05, 3.63) is 29.8 Å². The molecule has 0 aromatic heterocycles. The predicted octanol–water partition coefficient (Wildman–Crippen LogP) is 3.19. The van der Waals surface area contributed by atoms with Crippen LogP contribution in [0.1, 0.15) is 48.9 Å². The maximum Gasteiger partial charge on any atom is 0.257 e. The van der Waals surface area contributed by atoms with Gasteiger partial charge in [-0.2, -0.15) is 0 Å². The first-order chi connectivity index (χ1) is 8.70. The second-order valence-corrected chi connectivity index (χ2v) is 5.08. The quantitative estimate of drug-likeness (QED) is 0.815. The van der Waals surface area contributed by atoms with Crippen LogP contribution in [0.2, 0.25) is 0 Å². The topological polar surface area (TPSA) is 40.5 Å². The van der Waals surface area contributed by atoms with E-state index in [1.165, 1.54) is 25.7 Å². The molecule has 3 nitrogen and oxygen atoms in total. The average molecular weight is 247 g/mol. The average Bonchev–Trinajstić information content (AvgIpc) is 2.66. The Hall–Kier alpha value is -1.51. The normalized spacial score (nSPS) is 17.2. The van der Waals surface area contributed by atoms with Crippen LogP contribution in [-0.4, -0.2) is 29.0 Å². The Morgan fingerprint density at radius 1 is 1.17 bits per heavy atom. The number of rotatable bonds is 2. The fraction of sp³-hybridized carbons (Fsp3) is 0.533. The third kappa shape index (κ3) is 2.84. The van der Waals surface area contributed by atoms with Crippen LogP contribution < -0.4 is 0 Å². The Labute approximate surface area is 108 Å². The number of aromatic hydroxyl groups is 1. The minimum atomic E-state index is -0.0694. The lowest BCUT2D eigenvalue weighted by atomic mass is 10.1. The molecule has 1 amide bonds. The maximum absolute atomic E-state index is 12.3. The zero-order valence-corrected chi connectivity index (χ0v) is 10.9. The third-order valence-electron chi connectivity index (χ3n) is 3.83. The molecule has 0 spiro atoms.